The van der Waals surface area contributed by atoms with Crippen LogP contribution < -0.4 is 10.6 Å². The number of hydrogen-bond donors (Lipinski definition) is 2. The van der Waals surface area contributed by atoms with Crippen LogP contribution in [0.5, 0.6) is 0 Å². The molecule has 3 heteroatoms. The summed E-state index contributed by atoms with van der Waals surface area (Å²) in [5, 5.41) is 6.34. The number of rotatable bonds is 4. The Kier molecular flexibility index (Phi) is 4.81. The molecule has 0 bridgehead atoms. The molecule has 1 amide bonds. The molecule has 2 N–H and O–H groups in total. The minimum absolute atomic E-state index is 0.0280. The third kappa shape index (κ3) is 3.40. The molecule has 1 heterocycles. The highest BCUT2D eigenvalue weighted by Crippen LogP contribution is 2.28. The molecule has 1 unspecified atom stereocenters. The molecular formula is C17H26N2O. The maximum atomic E-state index is 12.2. The zero-order valence-electron chi connectivity index (χ0n) is 13.0. The average Bonchev–Trinajstić information content (AvgIpc) is 2.92. The second-order valence-corrected chi connectivity index (χ2v) is 6.29. The molecule has 3 nitrogen and oxygen atoms in total. The molecule has 0 radical (unpaired) electrons. The Bertz CT molecular complexity index is 474. The lowest BCUT2D eigenvalue weighted by molar-refractivity contribution is -0.117. The van der Waals surface area contributed by atoms with Crippen LogP contribution in [0.2, 0.25) is 0 Å². The van der Waals surface area contributed by atoms with Gasteiger partial charge in [-0.15, -0.1) is 0 Å². The van der Waals surface area contributed by atoms with Crippen molar-refractivity contribution in [2.24, 2.45) is 0 Å². The van der Waals surface area contributed by atoms with E-state index in [9.17, 15) is 4.79 Å². The number of carbonyl (C=O) groups excluding carboxylic acids is 1. The topological polar surface area (TPSA) is 41.1 Å². The molecule has 0 spiro atoms. The van der Waals surface area contributed by atoms with Crippen LogP contribution in [0.1, 0.15) is 63.5 Å². The summed E-state index contributed by atoms with van der Waals surface area (Å²) in [5.74, 6) is 1.01. The van der Waals surface area contributed by atoms with Gasteiger partial charge in [0, 0.05) is 5.69 Å². The van der Waals surface area contributed by atoms with E-state index >= 15 is 0 Å². The smallest absolute Gasteiger partial charge is 0.241 e. The van der Waals surface area contributed by atoms with Crippen LogP contribution in [0.4, 0.5) is 5.69 Å². The number of amides is 1. The molecule has 1 aliphatic rings. The van der Waals surface area contributed by atoms with Crippen molar-refractivity contribution in [3.05, 3.63) is 29.3 Å². The van der Waals surface area contributed by atoms with Gasteiger partial charge in [-0.2, -0.15) is 0 Å². The lowest BCUT2D eigenvalue weighted by atomic mass is 9.94. The third-order valence-corrected chi connectivity index (χ3v) is 4.00. The van der Waals surface area contributed by atoms with Gasteiger partial charge in [0.15, 0.2) is 0 Å². The third-order valence-electron chi connectivity index (χ3n) is 4.00. The first-order valence-electron chi connectivity index (χ1n) is 7.67. The fraction of sp³-hybridized carbons (Fsp3) is 0.588. The average molecular weight is 274 g/mol. The van der Waals surface area contributed by atoms with E-state index in [0.29, 0.717) is 11.8 Å². The van der Waals surface area contributed by atoms with Crippen LogP contribution in [0.25, 0.3) is 0 Å². The van der Waals surface area contributed by atoms with Crippen molar-refractivity contribution in [2.45, 2.75) is 58.4 Å². The van der Waals surface area contributed by atoms with Gasteiger partial charge in [-0.05, 0) is 48.4 Å². The van der Waals surface area contributed by atoms with Gasteiger partial charge in [0.25, 0.3) is 0 Å². The first kappa shape index (κ1) is 15.0. The largest absolute Gasteiger partial charge is 0.324 e. The molecular weight excluding hydrogens is 248 g/mol. The van der Waals surface area contributed by atoms with Gasteiger partial charge in [0.05, 0.1) is 6.04 Å². The highest BCUT2D eigenvalue weighted by Gasteiger charge is 2.23. The van der Waals surface area contributed by atoms with Crippen molar-refractivity contribution < 1.29 is 4.79 Å². The molecule has 20 heavy (non-hydrogen) atoms. The highest BCUT2D eigenvalue weighted by atomic mass is 16.2. The van der Waals surface area contributed by atoms with Crippen LogP contribution in [-0.2, 0) is 4.79 Å². The van der Waals surface area contributed by atoms with Gasteiger partial charge >= 0.3 is 0 Å². The molecule has 1 aromatic carbocycles. The number of benzene rings is 1. The Labute approximate surface area is 122 Å². The molecule has 1 aliphatic heterocycles. The van der Waals surface area contributed by atoms with Crippen molar-refractivity contribution in [3.8, 4) is 0 Å². The second kappa shape index (κ2) is 6.40. The van der Waals surface area contributed by atoms with Gasteiger partial charge in [0.2, 0.25) is 5.91 Å². The molecule has 1 fully saturated rings. The lowest BCUT2D eigenvalue weighted by Gasteiger charge is -2.18. The van der Waals surface area contributed by atoms with Crippen LogP contribution >= 0.6 is 0 Å². The van der Waals surface area contributed by atoms with Crippen molar-refractivity contribution in [2.75, 3.05) is 11.9 Å². The van der Waals surface area contributed by atoms with Gasteiger partial charge in [0.1, 0.15) is 0 Å². The van der Waals surface area contributed by atoms with Gasteiger partial charge in [-0.25, -0.2) is 0 Å². The van der Waals surface area contributed by atoms with Crippen LogP contribution in [0.15, 0.2) is 18.2 Å². The highest BCUT2D eigenvalue weighted by molar-refractivity contribution is 5.95. The van der Waals surface area contributed by atoms with Crippen molar-refractivity contribution in [1.29, 1.82) is 0 Å². The van der Waals surface area contributed by atoms with E-state index in [1.165, 1.54) is 11.1 Å². The summed E-state index contributed by atoms with van der Waals surface area (Å²) < 4.78 is 0. The maximum Gasteiger partial charge on any atom is 0.241 e. The summed E-state index contributed by atoms with van der Waals surface area (Å²) >= 11 is 0. The molecule has 0 saturated carbocycles. The summed E-state index contributed by atoms with van der Waals surface area (Å²) in [6, 6.07) is 6.37. The number of anilines is 1. The van der Waals surface area contributed by atoms with Crippen LogP contribution in [0, 0.1) is 0 Å². The zero-order chi connectivity index (χ0) is 14.7. The van der Waals surface area contributed by atoms with Crippen molar-refractivity contribution >= 4 is 11.6 Å². The minimum atomic E-state index is -0.0280. The minimum Gasteiger partial charge on any atom is -0.324 e. The van der Waals surface area contributed by atoms with Crippen LogP contribution in [-0.4, -0.2) is 18.5 Å². The predicted octanol–water partition coefficient (Wildman–Crippen LogP) is 3.62. The second-order valence-electron chi connectivity index (χ2n) is 6.29. The van der Waals surface area contributed by atoms with E-state index in [1.54, 1.807) is 0 Å². The Morgan fingerprint density at radius 1 is 1.25 bits per heavy atom. The number of nitrogens with one attached hydrogen (secondary N) is 2. The van der Waals surface area contributed by atoms with E-state index < -0.39 is 0 Å². The molecule has 0 aliphatic carbocycles. The Hall–Kier alpha value is -1.35. The normalized spacial score (nSPS) is 18.8. The first-order chi connectivity index (χ1) is 9.49. The Morgan fingerprint density at radius 3 is 2.55 bits per heavy atom. The molecule has 1 atom stereocenters. The summed E-state index contributed by atoms with van der Waals surface area (Å²) in [7, 11) is 0. The molecule has 110 valence electrons. The molecule has 1 saturated heterocycles. The number of hydrogen-bond acceptors (Lipinski definition) is 2. The summed E-state index contributed by atoms with van der Waals surface area (Å²) in [4.78, 5) is 12.2. The van der Waals surface area contributed by atoms with Gasteiger partial charge in [-0.1, -0.05) is 39.8 Å². The summed E-state index contributed by atoms with van der Waals surface area (Å²) in [6.45, 7) is 9.67. The maximum absolute atomic E-state index is 12.2. The zero-order valence-corrected chi connectivity index (χ0v) is 13.0. The summed E-state index contributed by atoms with van der Waals surface area (Å²) in [5.41, 5.74) is 3.51. The van der Waals surface area contributed by atoms with E-state index in [4.69, 9.17) is 0 Å². The fourth-order valence-corrected chi connectivity index (χ4v) is 2.66. The molecule has 1 aromatic rings. The monoisotopic (exact) mass is 274 g/mol. The Balaban J connectivity index is 2.19. The molecule has 0 aromatic heterocycles. The molecule has 2 rings (SSSR count). The Morgan fingerprint density at radius 2 is 2.00 bits per heavy atom. The van der Waals surface area contributed by atoms with Crippen molar-refractivity contribution in [3.63, 3.8) is 0 Å². The fourth-order valence-electron chi connectivity index (χ4n) is 2.66. The quantitative estimate of drug-likeness (QED) is 0.880. The van der Waals surface area contributed by atoms with Crippen LogP contribution in [0.3, 0.4) is 0 Å². The predicted molar refractivity (Wildman–Crippen MR) is 84.3 cm³/mol. The van der Waals surface area contributed by atoms with E-state index in [-0.39, 0.29) is 11.9 Å². The van der Waals surface area contributed by atoms with Crippen molar-refractivity contribution in [1.82, 2.24) is 5.32 Å². The van der Waals surface area contributed by atoms with Gasteiger partial charge < -0.3 is 10.6 Å². The standard InChI is InChI=1S/C17H26N2O/c1-11(2)13-7-8-15(14(10-13)12(3)4)19-17(20)16-6-5-9-18-16/h7-8,10-12,16,18H,5-6,9H2,1-4H3,(H,19,20). The van der Waals surface area contributed by atoms with E-state index in [2.05, 4.69) is 56.5 Å². The first-order valence-corrected chi connectivity index (χ1v) is 7.67. The van der Waals surface area contributed by atoms with E-state index in [1.807, 2.05) is 0 Å². The van der Waals surface area contributed by atoms with Gasteiger partial charge in [-0.3, -0.25) is 4.79 Å². The van der Waals surface area contributed by atoms with E-state index in [0.717, 1.165) is 25.1 Å². The number of carbonyl (C=O) groups is 1. The SMILES string of the molecule is CC(C)c1ccc(NC(=O)C2CCCN2)c(C(C)C)c1. The lowest BCUT2D eigenvalue weighted by Crippen LogP contribution is -2.35. The summed E-state index contributed by atoms with van der Waals surface area (Å²) in [6.07, 6.45) is 2.02.